The molecule has 0 saturated carbocycles. The minimum absolute atomic E-state index is 0.638. The zero-order chi connectivity index (χ0) is 21.0. The Morgan fingerprint density at radius 1 is 1.14 bits per heavy atom. The maximum absolute atomic E-state index is 12.0. The number of aryl methyl sites for hydroxylation is 1. The second-order valence-corrected chi connectivity index (χ2v) is 8.42. The molecule has 2 N–H and O–H groups in total. The molecule has 3 aromatic rings. The number of aromatic amines is 1. The van der Waals surface area contributed by atoms with E-state index in [1.54, 1.807) is 11.8 Å². The summed E-state index contributed by atoms with van der Waals surface area (Å²) in [6.45, 7) is 6.21. The summed E-state index contributed by atoms with van der Waals surface area (Å²) in [4.78, 5) is 16.4. The Morgan fingerprint density at radius 3 is 2.52 bits per heavy atom. The van der Waals surface area contributed by atoms with Crippen LogP contribution in [0.1, 0.15) is 33.6 Å². The summed E-state index contributed by atoms with van der Waals surface area (Å²) in [6, 6.07) is 14.0. The summed E-state index contributed by atoms with van der Waals surface area (Å²) in [7, 11) is 1.87. The van der Waals surface area contributed by atoms with E-state index in [0.717, 1.165) is 55.7 Å². The van der Waals surface area contributed by atoms with Crippen molar-refractivity contribution < 1.29 is 4.79 Å². The maximum atomic E-state index is 12.0. The van der Waals surface area contributed by atoms with Gasteiger partial charge in [0.2, 0.25) is 0 Å². The Balaban J connectivity index is 1.95. The molecule has 2 aromatic carbocycles. The molecule has 1 heterocycles. The van der Waals surface area contributed by atoms with Crippen LogP contribution in [0.15, 0.2) is 47.4 Å². The van der Waals surface area contributed by atoms with Crippen LogP contribution in [0.5, 0.6) is 0 Å². The molecule has 3 nitrogen and oxygen atoms in total. The van der Waals surface area contributed by atoms with Crippen molar-refractivity contribution in [2.45, 2.75) is 31.4 Å². The molecule has 0 amide bonds. The van der Waals surface area contributed by atoms with Crippen molar-refractivity contribution in [3.05, 3.63) is 81.1 Å². The fraction of sp³-hybridized carbons (Fsp3) is 0.208. The largest absolute Gasteiger partial charge is 0.388 e. The maximum Gasteiger partial charge on any atom is 0.150 e. The predicted molar refractivity (Wildman–Crippen MR) is 126 cm³/mol. The van der Waals surface area contributed by atoms with Crippen molar-refractivity contribution in [2.75, 3.05) is 12.4 Å². The highest BCUT2D eigenvalue weighted by Crippen LogP contribution is 2.33. The molecule has 29 heavy (non-hydrogen) atoms. The highest BCUT2D eigenvalue weighted by molar-refractivity contribution is 7.98. The summed E-state index contributed by atoms with van der Waals surface area (Å²) in [6.07, 6.45) is 2.85. The number of thioether (sulfide) groups is 1. The fourth-order valence-electron chi connectivity index (χ4n) is 3.19. The average molecular weight is 425 g/mol. The van der Waals surface area contributed by atoms with E-state index >= 15 is 0 Å². The van der Waals surface area contributed by atoms with E-state index < -0.39 is 0 Å². The lowest BCUT2D eigenvalue weighted by molar-refractivity contribution is -0.103. The van der Waals surface area contributed by atoms with Gasteiger partial charge in [-0.25, -0.2) is 0 Å². The normalized spacial score (nSPS) is 11.6. The molecule has 0 fully saturated rings. The van der Waals surface area contributed by atoms with Gasteiger partial charge >= 0.3 is 0 Å². The minimum Gasteiger partial charge on any atom is -0.388 e. The molecular weight excluding hydrogens is 400 g/mol. The van der Waals surface area contributed by atoms with Gasteiger partial charge in [-0.2, -0.15) is 0 Å². The number of rotatable bonds is 7. The molecule has 0 aliphatic rings. The standard InChI is InChI=1S/C24H25ClN2OS/c1-15-16(2)24(27-17(15)3)11-19(13-28)21-12-20(9-10-23(21)26-4)29-14-18-7-5-6-8-22(18)25/h5-13,26-27H,14H2,1-4H3/b19-11+. The third-order valence-corrected chi connectivity index (χ3v) is 6.61. The van der Waals surface area contributed by atoms with Gasteiger partial charge in [0.15, 0.2) is 6.29 Å². The first-order valence-electron chi connectivity index (χ1n) is 9.45. The van der Waals surface area contributed by atoms with Crippen LogP contribution < -0.4 is 5.32 Å². The fourth-order valence-corrected chi connectivity index (χ4v) is 4.42. The van der Waals surface area contributed by atoms with Gasteiger partial charge in [-0.3, -0.25) is 4.79 Å². The Labute approximate surface area is 181 Å². The Morgan fingerprint density at radius 2 is 1.90 bits per heavy atom. The van der Waals surface area contributed by atoms with Crippen LogP contribution in [-0.2, 0) is 10.5 Å². The Kier molecular flexibility index (Phi) is 6.88. The van der Waals surface area contributed by atoms with Crippen molar-refractivity contribution in [1.29, 1.82) is 0 Å². The van der Waals surface area contributed by atoms with Gasteiger partial charge < -0.3 is 10.3 Å². The Bertz CT molecular complexity index is 1070. The lowest BCUT2D eigenvalue weighted by Crippen LogP contribution is -1.97. The molecule has 0 saturated heterocycles. The van der Waals surface area contributed by atoms with Gasteiger partial charge in [0.05, 0.1) is 0 Å². The van der Waals surface area contributed by atoms with E-state index in [-0.39, 0.29) is 0 Å². The smallest absolute Gasteiger partial charge is 0.150 e. The summed E-state index contributed by atoms with van der Waals surface area (Å²) in [5.74, 6) is 0.770. The number of carbonyl (C=O) groups is 1. The van der Waals surface area contributed by atoms with Crippen molar-refractivity contribution in [3.8, 4) is 0 Å². The lowest BCUT2D eigenvalue weighted by Gasteiger charge is -2.12. The molecule has 0 radical (unpaired) electrons. The number of H-pyrrole nitrogens is 1. The zero-order valence-electron chi connectivity index (χ0n) is 17.1. The van der Waals surface area contributed by atoms with Crippen molar-refractivity contribution in [1.82, 2.24) is 4.98 Å². The number of carbonyl (C=O) groups excluding carboxylic acids is 1. The first-order chi connectivity index (χ1) is 13.9. The van der Waals surface area contributed by atoms with Crippen LogP contribution in [0, 0.1) is 20.8 Å². The number of nitrogens with one attached hydrogen (secondary N) is 2. The van der Waals surface area contributed by atoms with Crippen LogP contribution in [-0.4, -0.2) is 18.3 Å². The second-order valence-electron chi connectivity index (χ2n) is 6.97. The van der Waals surface area contributed by atoms with Gasteiger partial charge in [0, 0.05) is 50.9 Å². The summed E-state index contributed by atoms with van der Waals surface area (Å²) in [5, 5.41) is 3.97. The molecule has 0 spiro atoms. The molecular formula is C24H25ClN2OS. The number of benzene rings is 2. The van der Waals surface area contributed by atoms with Crippen LogP contribution in [0.25, 0.3) is 11.6 Å². The number of hydrogen-bond acceptors (Lipinski definition) is 3. The van der Waals surface area contributed by atoms with Crippen LogP contribution in [0.2, 0.25) is 5.02 Å². The molecule has 3 rings (SSSR count). The quantitative estimate of drug-likeness (QED) is 0.253. The van der Waals surface area contributed by atoms with Gasteiger partial charge in [-0.15, -0.1) is 11.8 Å². The van der Waals surface area contributed by atoms with Gasteiger partial charge in [0.25, 0.3) is 0 Å². The van der Waals surface area contributed by atoms with Crippen molar-refractivity contribution in [3.63, 3.8) is 0 Å². The SMILES string of the molecule is CNc1ccc(SCc2ccccc2Cl)cc1/C(C=O)=C/c1[nH]c(C)c(C)c1C. The van der Waals surface area contributed by atoms with Crippen LogP contribution in [0.3, 0.4) is 0 Å². The third-order valence-electron chi connectivity index (χ3n) is 5.20. The molecule has 1 aromatic heterocycles. The highest BCUT2D eigenvalue weighted by Gasteiger charge is 2.12. The topological polar surface area (TPSA) is 44.9 Å². The number of halogens is 1. The number of anilines is 1. The number of aromatic nitrogens is 1. The van der Waals surface area contributed by atoms with E-state index in [4.69, 9.17) is 11.6 Å². The Hall–Kier alpha value is -2.43. The molecule has 5 heteroatoms. The van der Waals surface area contributed by atoms with Crippen molar-refractivity contribution in [2.24, 2.45) is 0 Å². The van der Waals surface area contributed by atoms with Crippen LogP contribution >= 0.6 is 23.4 Å². The minimum atomic E-state index is 0.638. The molecule has 0 bridgehead atoms. The molecule has 0 aliphatic carbocycles. The highest BCUT2D eigenvalue weighted by atomic mass is 35.5. The number of aldehydes is 1. The summed E-state index contributed by atoms with van der Waals surface area (Å²) >= 11 is 7.98. The van der Waals surface area contributed by atoms with Crippen molar-refractivity contribution >= 4 is 47.0 Å². The van der Waals surface area contributed by atoms with Gasteiger partial charge in [-0.05, 0) is 67.8 Å². The lowest BCUT2D eigenvalue weighted by atomic mass is 10.0. The van der Waals surface area contributed by atoms with E-state index in [2.05, 4.69) is 36.3 Å². The first-order valence-corrected chi connectivity index (χ1v) is 10.8. The summed E-state index contributed by atoms with van der Waals surface area (Å²) < 4.78 is 0. The van der Waals surface area contributed by atoms with E-state index in [1.807, 2.05) is 50.4 Å². The van der Waals surface area contributed by atoms with Crippen LogP contribution in [0.4, 0.5) is 5.69 Å². The molecule has 0 atom stereocenters. The summed E-state index contributed by atoms with van der Waals surface area (Å²) in [5.41, 5.74) is 8.02. The molecule has 0 aliphatic heterocycles. The van der Waals surface area contributed by atoms with Gasteiger partial charge in [-0.1, -0.05) is 29.8 Å². The molecule has 0 unspecified atom stereocenters. The predicted octanol–water partition coefficient (Wildman–Crippen LogP) is 6.67. The van der Waals surface area contributed by atoms with Gasteiger partial charge in [0.1, 0.15) is 0 Å². The van der Waals surface area contributed by atoms with E-state index in [0.29, 0.717) is 5.57 Å². The number of hydrogen-bond donors (Lipinski definition) is 2. The molecule has 150 valence electrons. The second kappa shape index (κ2) is 9.38. The van der Waals surface area contributed by atoms with E-state index in [1.165, 1.54) is 5.56 Å². The van der Waals surface area contributed by atoms with E-state index in [9.17, 15) is 4.79 Å². The first kappa shape index (κ1) is 21.3. The average Bonchev–Trinajstić information content (AvgIpc) is 2.97. The third kappa shape index (κ3) is 4.77. The monoisotopic (exact) mass is 424 g/mol. The number of allylic oxidation sites excluding steroid dienone is 1. The zero-order valence-corrected chi connectivity index (χ0v) is 18.7.